The van der Waals surface area contributed by atoms with Crippen molar-refractivity contribution in [1.82, 2.24) is 4.98 Å². The van der Waals surface area contributed by atoms with Gasteiger partial charge in [-0.2, -0.15) is 0 Å². The van der Waals surface area contributed by atoms with E-state index in [0.717, 1.165) is 40.8 Å². The Morgan fingerprint density at radius 3 is 2.57 bits per heavy atom. The Morgan fingerprint density at radius 1 is 1.00 bits per heavy atom. The van der Waals surface area contributed by atoms with Crippen LogP contribution in [-0.4, -0.2) is 16.1 Å². The Labute approximate surface area is 173 Å². The molecule has 1 aliphatic carbocycles. The van der Waals surface area contributed by atoms with E-state index in [0.29, 0.717) is 22.9 Å². The number of aryl methyl sites for hydroxylation is 2. The highest BCUT2D eigenvalue weighted by atomic mass is 19.1. The van der Waals surface area contributed by atoms with Crippen LogP contribution in [0.15, 0.2) is 60.7 Å². The van der Waals surface area contributed by atoms with E-state index in [4.69, 9.17) is 4.98 Å². The number of carboxylic acids is 1. The fourth-order valence-electron chi connectivity index (χ4n) is 4.62. The Kier molecular flexibility index (Phi) is 4.35. The molecule has 1 aliphatic rings. The fraction of sp³-hybridized carbons (Fsp3) is 0.154. The predicted molar refractivity (Wildman–Crippen MR) is 116 cm³/mol. The van der Waals surface area contributed by atoms with Gasteiger partial charge in [-0.15, -0.1) is 0 Å². The van der Waals surface area contributed by atoms with Crippen molar-refractivity contribution in [2.75, 3.05) is 0 Å². The summed E-state index contributed by atoms with van der Waals surface area (Å²) in [4.78, 5) is 17.0. The summed E-state index contributed by atoms with van der Waals surface area (Å²) in [7, 11) is 0. The molecule has 0 saturated heterocycles. The molecule has 1 heterocycles. The van der Waals surface area contributed by atoms with E-state index >= 15 is 0 Å². The molecule has 0 fully saturated rings. The summed E-state index contributed by atoms with van der Waals surface area (Å²) >= 11 is 0. The minimum atomic E-state index is -1.04. The van der Waals surface area contributed by atoms with Gasteiger partial charge in [0.15, 0.2) is 0 Å². The zero-order valence-electron chi connectivity index (χ0n) is 16.6. The number of benzene rings is 3. The van der Waals surface area contributed by atoms with Gasteiger partial charge in [0, 0.05) is 10.9 Å². The number of nitrogens with zero attached hydrogens (tertiary/aromatic N) is 1. The SMILES string of the molecule is Cc1cc(-c2ccccc2)cc2c1-c1nc3ccc(F)cc3c(C(=O)O)c1CCC2. The molecule has 4 aromatic rings. The van der Waals surface area contributed by atoms with Crippen LogP contribution in [0.1, 0.15) is 33.5 Å². The Morgan fingerprint density at radius 2 is 1.80 bits per heavy atom. The average Bonchev–Trinajstić information content (AvgIpc) is 2.91. The maximum Gasteiger partial charge on any atom is 0.336 e. The number of halogens is 1. The molecule has 0 aliphatic heterocycles. The van der Waals surface area contributed by atoms with Crippen molar-refractivity contribution in [2.24, 2.45) is 0 Å². The number of hydrogen-bond acceptors (Lipinski definition) is 2. The smallest absolute Gasteiger partial charge is 0.336 e. The molecule has 0 spiro atoms. The third-order valence-electron chi connectivity index (χ3n) is 5.90. The normalized spacial score (nSPS) is 12.9. The highest BCUT2D eigenvalue weighted by Gasteiger charge is 2.26. The van der Waals surface area contributed by atoms with Crippen molar-refractivity contribution in [1.29, 1.82) is 0 Å². The van der Waals surface area contributed by atoms with Gasteiger partial charge >= 0.3 is 5.97 Å². The van der Waals surface area contributed by atoms with Gasteiger partial charge in [-0.25, -0.2) is 14.2 Å². The summed E-state index contributed by atoms with van der Waals surface area (Å²) < 4.78 is 13.9. The molecule has 0 unspecified atom stereocenters. The van der Waals surface area contributed by atoms with Crippen LogP contribution in [0.3, 0.4) is 0 Å². The Hall–Kier alpha value is -3.53. The van der Waals surface area contributed by atoms with E-state index in [1.165, 1.54) is 17.7 Å². The van der Waals surface area contributed by atoms with Crippen LogP contribution in [-0.2, 0) is 12.8 Å². The maximum absolute atomic E-state index is 13.9. The van der Waals surface area contributed by atoms with Crippen molar-refractivity contribution in [2.45, 2.75) is 26.2 Å². The first-order valence-electron chi connectivity index (χ1n) is 10.1. The van der Waals surface area contributed by atoms with Gasteiger partial charge in [-0.3, -0.25) is 0 Å². The van der Waals surface area contributed by atoms with Crippen LogP contribution in [0.2, 0.25) is 0 Å². The molecule has 0 atom stereocenters. The van der Waals surface area contributed by atoms with Crippen LogP contribution < -0.4 is 0 Å². The van der Waals surface area contributed by atoms with E-state index in [2.05, 4.69) is 31.2 Å². The van der Waals surface area contributed by atoms with Crippen LogP contribution in [0.4, 0.5) is 4.39 Å². The summed E-state index contributed by atoms with van der Waals surface area (Å²) in [5.41, 5.74) is 7.66. The van der Waals surface area contributed by atoms with Gasteiger partial charge in [-0.1, -0.05) is 42.5 Å². The van der Waals surface area contributed by atoms with E-state index < -0.39 is 11.8 Å². The lowest BCUT2D eigenvalue weighted by Gasteiger charge is -2.17. The first-order chi connectivity index (χ1) is 14.5. The monoisotopic (exact) mass is 397 g/mol. The van der Waals surface area contributed by atoms with Gasteiger partial charge in [0.2, 0.25) is 0 Å². The lowest BCUT2D eigenvalue weighted by atomic mass is 9.90. The molecule has 3 aromatic carbocycles. The zero-order valence-corrected chi connectivity index (χ0v) is 16.6. The average molecular weight is 397 g/mol. The van der Waals surface area contributed by atoms with E-state index in [1.54, 1.807) is 6.07 Å². The van der Waals surface area contributed by atoms with Crippen molar-refractivity contribution < 1.29 is 14.3 Å². The first kappa shape index (κ1) is 18.5. The van der Waals surface area contributed by atoms with Gasteiger partial charge in [0.1, 0.15) is 5.82 Å². The Bertz CT molecular complexity index is 1310. The van der Waals surface area contributed by atoms with Crippen LogP contribution in [0.25, 0.3) is 33.3 Å². The molecule has 5 rings (SSSR count). The number of aromatic nitrogens is 1. The molecule has 1 N–H and O–H groups in total. The second kappa shape index (κ2) is 7.06. The summed E-state index contributed by atoms with van der Waals surface area (Å²) in [6.45, 7) is 2.05. The topological polar surface area (TPSA) is 50.2 Å². The van der Waals surface area contributed by atoms with Crippen molar-refractivity contribution >= 4 is 16.9 Å². The number of pyridine rings is 1. The Balaban J connectivity index is 1.81. The third-order valence-corrected chi connectivity index (χ3v) is 5.90. The minimum absolute atomic E-state index is 0.175. The van der Waals surface area contributed by atoms with Crippen molar-refractivity contribution in [3.63, 3.8) is 0 Å². The standard InChI is InChI=1S/C26H20FNO2/c1-15-12-18(16-6-3-2-4-7-16)13-17-8-5-9-20-24(26(29)30)21-14-19(27)10-11-22(21)28-25(20)23(15)17/h2-4,6-7,10-14H,5,8-9H2,1H3,(H,29,30). The lowest BCUT2D eigenvalue weighted by Crippen LogP contribution is -2.08. The molecule has 3 nitrogen and oxygen atoms in total. The first-order valence-corrected chi connectivity index (χ1v) is 10.1. The van der Waals surface area contributed by atoms with Crippen molar-refractivity contribution in [3.05, 3.63) is 88.7 Å². The van der Waals surface area contributed by atoms with Gasteiger partial charge in [0.05, 0.1) is 16.8 Å². The van der Waals surface area contributed by atoms with Gasteiger partial charge < -0.3 is 5.11 Å². The highest BCUT2D eigenvalue weighted by molar-refractivity contribution is 6.06. The molecule has 0 amide bonds. The second-order valence-electron chi connectivity index (χ2n) is 7.83. The fourth-order valence-corrected chi connectivity index (χ4v) is 4.62. The molecule has 0 bridgehead atoms. The van der Waals surface area contributed by atoms with Crippen LogP contribution in [0, 0.1) is 12.7 Å². The number of carbonyl (C=O) groups is 1. The molecule has 148 valence electrons. The quantitative estimate of drug-likeness (QED) is 0.438. The number of hydrogen-bond donors (Lipinski definition) is 1. The predicted octanol–water partition coefficient (Wildman–Crippen LogP) is 6.20. The molecular weight excluding hydrogens is 377 g/mol. The van der Waals surface area contributed by atoms with Crippen LogP contribution >= 0.6 is 0 Å². The number of fused-ring (bicyclic) bond motifs is 4. The number of aromatic carboxylic acids is 1. The summed E-state index contributed by atoms with van der Waals surface area (Å²) in [5.74, 6) is -1.49. The largest absolute Gasteiger partial charge is 0.478 e. The molecule has 0 radical (unpaired) electrons. The van der Waals surface area contributed by atoms with E-state index in [1.807, 2.05) is 18.2 Å². The third kappa shape index (κ3) is 2.96. The minimum Gasteiger partial charge on any atom is -0.478 e. The molecule has 4 heteroatoms. The molecule has 30 heavy (non-hydrogen) atoms. The van der Waals surface area contributed by atoms with Crippen molar-refractivity contribution in [3.8, 4) is 22.4 Å². The summed E-state index contributed by atoms with van der Waals surface area (Å²) in [5, 5.41) is 10.3. The summed E-state index contributed by atoms with van der Waals surface area (Å²) in [6.07, 6.45) is 2.27. The van der Waals surface area contributed by atoms with E-state index in [-0.39, 0.29) is 5.56 Å². The van der Waals surface area contributed by atoms with Gasteiger partial charge in [0.25, 0.3) is 0 Å². The van der Waals surface area contributed by atoms with Gasteiger partial charge in [-0.05, 0) is 72.2 Å². The van der Waals surface area contributed by atoms with E-state index in [9.17, 15) is 14.3 Å². The molecule has 0 saturated carbocycles. The second-order valence-corrected chi connectivity index (χ2v) is 7.83. The lowest BCUT2D eigenvalue weighted by molar-refractivity contribution is 0.0698. The molecule has 1 aromatic heterocycles. The molecular formula is C26H20FNO2. The number of rotatable bonds is 2. The zero-order chi connectivity index (χ0) is 20.8. The summed E-state index contributed by atoms with van der Waals surface area (Å²) in [6, 6.07) is 18.7. The highest BCUT2D eigenvalue weighted by Crippen LogP contribution is 2.40. The maximum atomic E-state index is 13.9. The van der Waals surface area contributed by atoms with Crippen LogP contribution in [0.5, 0.6) is 0 Å². The number of carboxylic acid groups (broad SMARTS) is 1.